The van der Waals surface area contributed by atoms with Crippen LogP contribution in [0.4, 0.5) is 0 Å². The van der Waals surface area contributed by atoms with E-state index in [9.17, 15) is 0 Å². The van der Waals surface area contributed by atoms with E-state index < -0.39 is 0 Å². The zero-order valence-corrected chi connectivity index (χ0v) is 15.4. The molecule has 1 saturated heterocycles. The summed E-state index contributed by atoms with van der Waals surface area (Å²) in [6.45, 7) is 6.50. The third-order valence-corrected chi connectivity index (χ3v) is 4.27. The molecule has 2 aliphatic rings. The minimum atomic E-state index is 0. The van der Waals surface area contributed by atoms with Crippen LogP contribution in [0.3, 0.4) is 0 Å². The van der Waals surface area contributed by atoms with E-state index in [1.54, 1.807) is 0 Å². The summed E-state index contributed by atoms with van der Waals surface area (Å²) >= 11 is 0. The number of aliphatic imine (C=N–C) groups is 1. The van der Waals surface area contributed by atoms with Gasteiger partial charge in [0.05, 0.1) is 0 Å². The summed E-state index contributed by atoms with van der Waals surface area (Å²) in [4.78, 5) is 7.23. The molecule has 2 N–H and O–H groups in total. The van der Waals surface area contributed by atoms with Crippen molar-refractivity contribution >= 4 is 29.9 Å². The number of likely N-dealkylation sites (tertiary alicyclic amines) is 1. The molecule has 2 fully saturated rings. The number of nitrogens with one attached hydrogen (secondary N) is 2. The summed E-state index contributed by atoms with van der Waals surface area (Å²) in [5.74, 6) is 1.76. The Morgan fingerprint density at radius 1 is 1.20 bits per heavy atom. The zero-order chi connectivity index (χ0) is 13.5. The predicted octanol–water partition coefficient (Wildman–Crippen LogP) is 2.44. The van der Waals surface area contributed by atoms with Gasteiger partial charge in [-0.05, 0) is 52.1 Å². The van der Waals surface area contributed by atoms with Gasteiger partial charge in [-0.1, -0.05) is 12.8 Å². The van der Waals surface area contributed by atoms with E-state index in [0.717, 1.165) is 25.0 Å². The van der Waals surface area contributed by atoms with E-state index in [0.29, 0.717) is 6.04 Å². The second kappa shape index (κ2) is 9.82. The highest BCUT2D eigenvalue weighted by atomic mass is 127. The lowest BCUT2D eigenvalue weighted by Crippen LogP contribution is -2.43. The topological polar surface area (TPSA) is 39.7 Å². The zero-order valence-electron chi connectivity index (χ0n) is 13.0. The van der Waals surface area contributed by atoms with Crippen molar-refractivity contribution in [3.8, 4) is 0 Å². The smallest absolute Gasteiger partial charge is 0.191 e. The molecular formula is C15H31IN4. The minimum absolute atomic E-state index is 0. The first-order valence-electron chi connectivity index (χ1n) is 8.01. The van der Waals surface area contributed by atoms with Gasteiger partial charge in [0, 0.05) is 25.7 Å². The Balaban J connectivity index is 0.00000200. The Labute approximate surface area is 141 Å². The van der Waals surface area contributed by atoms with Gasteiger partial charge in [-0.15, -0.1) is 24.0 Å². The first kappa shape index (κ1) is 18.0. The lowest BCUT2D eigenvalue weighted by Gasteiger charge is -2.28. The molecule has 1 atom stereocenters. The molecule has 0 bridgehead atoms. The summed E-state index contributed by atoms with van der Waals surface area (Å²) in [5, 5.41) is 6.98. The van der Waals surface area contributed by atoms with Gasteiger partial charge in [0.1, 0.15) is 0 Å². The lowest BCUT2D eigenvalue weighted by atomic mass is 9.99. The fourth-order valence-corrected chi connectivity index (χ4v) is 3.23. The lowest BCUT2D eigenvalue weighted by molar-refractivity contribution is 0.214. The van der Waals surface area contributed by atoms with Crippen LogP contribution in [0.5, 0.6) is 0 Å². The van der Waals surface area contributed by atoms with Crippen molar-refractivity contribution in [2.24, 2.45) is 10.9 Å². The monoisotopic (exact) mass is 394 g/mol. The SMILES string of the molecule is CCNC(=NCC1CCCN(C)C1)NC1CCCC1.I. The summed E-state index contributed by atoms with van der Waals surface area (Å²) < 4.78 is 0. The van der Waals surface area contributed by atoms with Gasteiger partial charge in [-0.25, -0.2) is 0 Å². The number of guanidine groups is 1. The highest BCUT2D eigenvalue weighted by Gasteiger charge is 2.18. The summed E-state index contributed by atoms with van der Waals surface area (Å²) in [6, 6.07) is 0.645. The molecule has 1 aliphatic heterocycles. The van der Waals surface area contributed by atoms with Gasteiger partial charge in [-0.2, -0.15) is 0 Å². The van der Waals surface area contributed by atoms with Crippen molar-refractivity contribution in [3.63, 3.8) is 0 Å². The molecule has 4 nitrogen and oxygen atoms in total. The minimum Gasteiger partial charge on any atom is -0.357 e. The predicted molar refractivity (Wildman–Crippen MR) is 97.0 cm³/mol. The molecule has 118 valence electrons. The third-order valence-electron chi connectivity index (χ3n) is 4.27. The van der Waals surface area contributed by atoms with Crippen LogP contribution in [0.2, 0.25) is 0 Å². The van der Waals surface area contributed by atoms with Gasteiger partial charge in [0.25, 0.3) is 0 Å². The Bertz CT molecular complexity index is 290. The van der Waals surface area contributed by atoms with E-state index in [1.807, 2.05) is 0 Å². The van der Waals surface area contributed by atoms with Gasteiger partial charge in [0.2, 0.25) is 0 Å². The van der Waals surface area contributed by atoms with Crippen molar-refractivity contribution < 1.29 is 0 Å². The molecule has 0 spiro atoms. The molecule has 0 amide bonds. The second-order valence-corrected chi connectivity index (χ2v) is 6.12. The maximum atomic E-state index is 4.80. The number of halogens is 1. The average molecular weight is 394 g/mol. The van der Waals surface area contributed by atoms with Crippen LogP contribution < -0.4 is 10.6 Å². The highest BCUT2D eigenvalue weighted by molar-refractivity contribution is 14.0. The van der Waals surface area contributed by atoms with Gasteiger partial charge >= 0.3 is 0 Å². The number of rotatable bonds is 4. The molecule has 0 aromatic carbocycles. The highest BCUT2D eigenvalue weighted by Crippen LogP contribution is 2.18. The van der Waals surface area contributed by atoms with Crippen LogP contribution in [0.25, 0.3) is 0 Å². The number of piperidine rings is 1. The van der Waals surface area contributed by atoms with Gasteiger partial charge < -0.3 is 15.5 Å². The maximum absolute atomic E-state index is 4.80. The van der Waals surface area contributed by atoms with Crippen molar-refractivity contribution in [3.05, 3.63) is 0 Å². The molecule has 20 heavy (non-hydrogen) atoms. The Morgan fingerprint density at radius 3 is 2.60 bits per heavy atom. The molecule has 1 aliphatic carbocycles. The molecule has 2 rings (SSSR count). The molecule has 0 radical (unpaired) electrons. The summed E-state index contributed by atoms with van der Waals surface area (Å²) in [5.41, 5.74) is 0. The molecule has 5 heteroatoms. The molecule has 1 saturated carbocycles. The van der Waals surface area contributed by atoms with Crippen LogP contribution in [0.15, 0.2) is 4.99 Å². The Kier molecular flexibility index (Phi) is 8.84. The Morgan fingerprint density at radius 2 is 1.95 bits per heavy atom. The van der Waals surface area contributed by atoms with Crippen LogP contribution >= 0.6 is 24.0 Å². The first-order valence-corrected chi connectivity index (χ1v) is 8.01. The summed E-state index contributed by atoms with van der Waals surface area (Å²) in [7, 11) is 2.22. The maximum Gasteiger partial charge on any atom is 0.191 e. The average Bonchev–Trinajstić information content (AvgIpc) is 2.89. The Hall–Kier alpha value is -0.0400. The molecule has 0 aromatic heterocycles. The third kappa shape index (κ3) is 6.16. The fraction of sp³-hybridized carbons (Fsp3) is 0.933. The van der Waals surface area contributed by atoms with E-state index in [4.69, 9.17) is 4.99 Å². The van der Waals surface area contributed by atoms with Crippen LogP contribution in [-0.4, -0.2) is 50.1 Å². The molecule has 1 unspecified atom stereocenters. The van der Waals surface area contributed by atoms with Crippen LogP contribution in [0, 0.1) is 5.92 Å². The standard InChI is InChI=1S/C15H30N4.HI/c1-3-16-15(18-14-8-4-5-9-14)17-11-13-7-6-10-19(2)12-13;/h13-14H,3-12H2,1-2H3,(H2,16,17,18);1H. The van der Waals surface area contributed by atoms with Gasteiger partial charge in [-0.3, -0.25) is 4.99 Å². The van der Waals surface area contributed by atoms with Crippen molar-refractivity contribution in [1.82, 2.24) is 15.5 Å². The number of nitrogens with zero attached hydrogens (tertiary/aromatic N) is 2. The van der Waals surface area contributed by atoms with E-state index >= 15 is 0 Å². The van der Waals surface area contributed by atoms with Crippen molar-refractivity contribution in [2.75, 3.05) is 33.2 Å². The quantitative estimate of drug-likeness (QED) is 0.437. The van der Waals surface area contributed by atoms with Crippen molar-refractivity contribution in [1.29, 1.82) is 0 Å². The molecule has 0 aromatic rings. The normalized spacial score (nSPS) is 25.3. The van der Waals surface area contributed by atoms with Gasteiger partial charge in [0.15, 0.2) is 5.96 Å². The van der Waals surface area contributed by atoms with E-state index in [1.165, 1.54) is 51.6 Å². The van der Waals surface area contributed by atoms with Crippen molar-refractivity contribution in [2.45, 2.75) is 51.5 Å². The van der Waals surface area contributed by atoms with Crippen LogP contribution in [-0.2, 0) is 0 Å². The molecular weight excluding hydrogens is 363 g/mol. The fourth-order valence-electron chi connectivity index (χ4n) is 3.23. The second-order valence-electron chi connectivity index (χ2n) is 6.12. The van der Waals surface area contributed by atoms with E-state index in [2.05, 4.69) is 29.5 Å². The van der Waals surface area contributed by atoms with E-state index in [-0.39, 0.29) is 24.0 Å². The number of hydrogen-bond donors (Lipinski definition) is 2. The first-order chi connectivity index (χ1) is 9.28. The number of hydrogen-bond acceptors (Lipinski definition) is 2. The largest absolute Gasteiger partial charge is 0.357 e. The van der Waals surface area contributed by atoms with Crippen LogP contribution in [0.1, 0.15) is 45.4 Å². The summed E-state index contributed by atoms with van der Waals surface area (Å²) in [6.07, 6.45) is 7.99. The molecule has 1 heterocycles.